The minimum atomic E-state index is -0.351. The monoisotopic (exact) mass is 269 g/mol. The van der Waals surface area contributed by atoms with Gasteiger partial charge in [0, 0.05) is 38.8 Å². The third-order valence-electron chi connectivity index (χ3n) is 3.20. The zero-order valence-corrected chi connectivity index (χ0v) is 11.7. The van der Waals surface area contributed by atoms with Gasteiger partial charge in [-0.2, -0.15) is 0 Å². The maximum atomic E-state index is 10.1. The van der Waals surface area contributed by atoms with Gasteiger partial charge in [-0.25, -0.2) is 0 Å². The molecule has 108 valence electrons. The van der Waals surface area contributed by atoms with Crippen molar-refractivity contribution in [1.82, 2.24) is 15.0 Å². The van der Waals surface area contributed by atoms with Crippen LogP contribution in [-0.2, 0) is 11.3 Å². The summed E-state index contributed by atoms with van der Waals surface area (Å²) in [5.74, 6) is 0.817. The van der Waals surface area contributed by atoms with Crippen LogP contribution in [0.25, 0.3) is 0 Å². The fraction of sp³-hybridized carbons (Fsp3) is 0.769. The zero-order valence-electron chi connectivity index (χ0n) is 11.7. The quantitative estimate of drug-likeness (QED) is 0.791. The van der Waals surface area contributed by atoms with E-state index in [2.05, 4.69) is 15.0 Å². The highest BCUT2D eigenvalue weighted by Crippen LogP contribution is 2.06. The molecular formula is C13H23N3O3. The van der Waals surface area contributed by atoms with Gasteiger partial charge in [-0.3, -0.25) is 9.80 Å². The third-order valence-corrected chi connectivity index (χ3v) is 3.20. The van der Waals surface area contributed by atoms with Crippen molar-refractivity contribution < 1.29 is 14.4 Å². The summed E-state index contributed by atoms with van der Waals surface area (Å²) in [6, 6.07) is 1.92. The van der Waals surface area contributed by atoms with Crippen LogP contribution in [0, 0.1) is 6.92 Å². The van der Waals surface area contributed by atoms with Gasteiger partial charge >= 0.3 is 0 Å². The summed E-state index contributed by atoms with van der Waals surface area (Å²) in [5, 5.41) is 14.0. The van der Waals surface area contributed by atoms with Crippen molar-refractivity contribution in [3.63, 3.8) is 0 Å². The van der Waals surface area contributed by atoms with E-state index in [1.165, 1.54) is 0 Å². The molecule has 6 nitrogen and oxygen atoms in total. The molecule has 1 saturated heterocycles. The van der Waals surface area contributed by atoms with Crippen molar-refractivity contribution >= 4 is 0 Å². The number of aromatic nitrogens is 1. The minimum Gasteiger partial charge on any atom is -0.390 e. The van der Waals surface area contributed by atoms with Crippen molar-refractivity contribution in [3.05, 3.63) is 17.5 Å². The SMILES string of the molecule is Cc1cc(CN(C)CC(O)CN2CCOCC2)no1. The van der Waals surface area contributed by atoms with E-state index in [9.17, 15) is 5.11 Å². The Balaban J connectivity index is 1.70. The van der Waals surface area contributed by atoms with Gasteiger partial charge in [0.15, 0.2) is 0 Å². The van der Waals surface area contributed by atoms with E-state index in [0.29, 0.717) is 19.6 Å². The molecular weight excluding hydrogens is 246 g/mol. The van der Waals surface area contributed by atoms with E-state index in [0.717, 1.165) is 37.8 Å². The summed E-state index contributed by atoms with van der Waals surface area (Å²) in [6.45, 7) is 7.24. The second-order valence-corrected chi connectivity index (χ2v) is 5.19. The lowest BCUT2D eigenvalue weighted by atomic mass is 10.2. The Morgan fingerprint density at radius 2 is 2.21 bits per heavy atom. The third kappa shape index (κ3) is 4.91. The highest BCUT2D eigenvalue weighted by atomic mass is 16.5. The highest BCUT2D eigenvalue weighted by Gasteiger charge is 2.16. The number of morpholine rings is 1. The summed E-state index contributed by atoms with van der Waals surface area (Å²) in [4.78, 5) is 4.30. The molecule has 0 saturated carbocycles. The molecule has 1 N–H and O–H groups in total. The fourth-order valence-electron chi connectivity index (χ4n) is 2.33. The second-order valence-electron chi connectivity index (χ2n) is 5.19. The van der Waals surface area contributed by atoms with E-state index in [4.69, 9.17) is 9.26 Å². The molecule has 0 spiro atoms. The Bertz CT molecular complexity index is 377. The van der Waals surface area contributed by atoms with Crippen LogP contribution >= 0.6 is 0 Å². The maximum absolute atomic E-state index is 10.1. The lowest BCUT2D eigenvalue weighted by molar-refractivity contribution is 0.00814. The van der Waals surface area contributed by atoms with E-state index in [1.807, 2.05) is 20.0 Å². The Kier molecular flexibility index (Phi) is 5.33. The summed E-state index contributed by atoms with van der Waals surface area (Å²) in [6.07, 6.45) is -0.351. The number of aliphatic hydroxyl groups is 1. The number of rotatable bonds is 6. The summed E-state index contributed by atoms with van der Waals surface area (Å²) >= 11 is 0. The minimum absolute atomic E-state index is 0.351. The van der Waals surface area contributed by atoms with Crippen LogP contribution in [0.15, 0.2) is 10.6 Å². The second kappa shape index (κ2) is 7.00. The standard InChI is InChI=1S/C13H23N3O3/c1-11-7-12(14-19-11)8-15(2)9-13(17)10-16-3-5-18-6-4-16/h7,13,17H,3-6,8-10H2,1-2H3. The molecule has 0 aromatic carbocycles. The van der Waals surface area contributed by atoms with Gasteiger partial charge in [-0.15, -0.1) is 0 Å². The first kappa shape index (κ1) is 14.5. The van der Waals surface area contributed by atoms with Gasteiger partial charge in [-0.05, 0) is 14.0 Å². The Morgan fingerprint density at radius 3 is 2.84 bits per heavy atom. The predicted octanol–water partition coefficient (Wildman–Crippen LogP) is 0.108. The first-order valence-corrected chi connectivity index (χ1v) is 6.72. The van der Waals surface area contributed by atoms with Crippen LogP contribution in [0.5, 0.6) is 0 Å². The molecule has 2 rings (SSSR count). The van der Waals surface area contributed by atoms with Crippen LogP contribution in [0.4, 0.5) is 0 Å². The molecule has 1 aromatic rings. The van der Waals surface area contributed by atoms with Crippen molar-refractivity contribution in [2.75, 3.05) is 46.4 Å². The van der Waals surface area contributed by atoms with Crippen LogP contribution in [0.3, 0.4) is 0 Å². The van der Waals surface area contributed by atoms with E-state index >= 15 is 0 Å². The molecule has 0 amide bonds. The summed E-state index contributed by atoms with van der Waals surface area (Å²) in [7, 11) is 1.98. The average Bonchev–Trinajstić information content (AvgIpc) is 2.75. The molecule has 2 heterocycles. The number of aryl methyl sites for hydroxylation is 1. The number of β-amino-alcohol motifs (C(OH)–C–C–N with tert-alkyl or cyclic N) is 1. The highest BCUT2D eigenvalue weighted by molar-refractivity contribution is 5.03. The van der Waals surface area contributed by atoms with Crippen molar-refractivity contribution in [3.8, 4) is 0 Å². The van der Waals surface area contributed by atoms with E-state index < -0.39 is 0 Å². The van der Waals surface area contributed by atoms with Crippen LogP contribution in [0.1, 0.15) is 11.5 Å². The maximum Gasteiger partial charge on any atom is 0.133 e. The molecule has 6 heteroatoms. The molecule has 0 bridgehead atoms. The van der Waals surface area contributed by atoms with E-state index in [1.54, 1.807) is 0 Å². The molecule has 1 aromatic heterocycles. The lowest BCUT2D eigenvalue weighted by Crippen LogP contribution is -2.43. The fourth-order valence-corrected chi connectivity index (χ4v) is 2.33. The Morgan fingerprint density at radius 1 is 1.47 bits per heavy atom. The lowest BCUT2D eigenvalue weighted by Gasteiger charge is -2.29. The normalized spacial score (nSPS) is 18.9. The van der Waals surface area contributed by atoms with Crippen molar-refractivity contribution in [2.24, 2.45) is 0 Å². The van der Waals surface area contributed by atoms with Gasteiger partial charge in [-0.1, -0.05) is 5.16 Å². The largest absolute Gasteiger partial charge is 0.390 e. The number of likely N-dealkylation sites (N-methyl/N-ethyl adjacent to an activating group) is 1. The van der Waals surface area contributed by atoms with Crippen LogP contribution in [0.2, 0.25) is 0 Å². The van der Waals surface area contributed by atoms with Gasteiger partial charge in [0.1, 0.15) is 5.76 Å². The van der Waals surface area contributed by atoms with Crippen molar-refractivity contribution in [2.45, 2.75) is 19.6 Å². The molecule has 1 atom stereocenters. The van der Waals surface area contributed by atoms with Gasteiger partial charge in [0.25, 0.3) is 0 Å². The topological polar surface area (TPSA) is 62.0 Å². The molecule has 1 aliphatic heterocycles. The van der Waals surface area contributed by atoms with Gasteiger partial charge < -0.3 is 14.4 Å². The summed E-state index contributed by atoms with van der Waals surface area (Å²) < 4.78 is 10.3. The predicted molar refractivity (Wildman–Crippen MR) is 70.8 cm³/mol. The van der Waals surface area contributed by atoms with Crippen LogP contribution in [-0.4, -0.2) is 72.6 Å². The smallest absolute Gasteiger partial charge is 0.133 e. The van der Waals surface area contributed by atoms with Gasteiger partial charge in [0.2, 0.25) is 0 Å². The number of hydrogen-bond acceptors (Lipinski definition) is 6. The molecule has 1 fully saturated rings. The molecule has 0 radical (unpaired) electrons. The first-order valence-electron chi connectivity index (χ1n) is 6.72. The number of ether oxygens (including phenoxy) is 1. The Labute approximate surface area is 113 Å². The number of hydrogen-bond donors (Lipinski definition) is 1. The molecule has 1 aliphatic rings. The van der Waals surface area contributed by atoms with Gasteiger partial charge in [0.05, 0.1) is 25.0 Å². The molecule has 19 heavy (non-hydrogen) atoms. The van der Waals surface area contributed by atoms with E-state index in [-0.39, 0.29) is 6.10 Å². The molecule has 1 unspecified atom stereocenters. The van der Waals surface area contributed by atoms with Crippen molar-refractivity contribution in [1.29, 1.82) is 0 Å². The average molecular weight is 269 g/mol. The zero-order chi connectivity index (χ0) is 13.7. The number of nitrogens with zero attached hydrogens (tertiary/aromatic N) is 3. The van der Waals surface area contributed by atoms with Crippen LogP contribution < -0.4 is 0 Å². The molecule has 0 aliphatic carbocycles. The number of aliphatic hydroxyl groups excluding tert-OH is 1. The first-order chi connectivity index (χ1) is 9.13. The Hall–Kier alpha value is -0.950. The summed E-state index contributed by atoms with van der Waals surface area (Å²) in [5.41, 5.74) is 0.901.